The second kappa shape index (κ2) is 5.02. The Morgan fingerprint density at radius 1 is 1.39 bits per heavy atom. The van der Waals surface area contributed by atoms with Gasteiger partial charge in [0.2, 0.25) is 0 Å². The molecular weight excluding hydrogens is 260 g/mol. The zero-order valence-corrected chi connectivity index (χ0v) is 11.0. The van der Waals surface area contributed by atoms with Crippen molar-refractivity contribution in [1.82, 2.24) is 9.03 Å². The lowest BCUT2D eigenvalue weighted by Crippen LogP contribution is -2.53. The maximum Gasteiger partial charge on any atom is 0.421 e. The van der Waals surface area contributed by atoms with Crippen molar-refractivity contribution in [3.05, 3.63) is 0 Å². The summed E-state index contributed by atoms with van der Waals surface area (Å²) in [6.45, 7) is 1.72. The third kappa shape index (κ3) is 2.60. The molecule has 0 spiro atoms. The molecule has 2 aliphatic heterocycles. The van der Waals surface area contributed by atoms with Gasteiger partial charge in [-0.3, -0.25) is 0 Å². The highest BCUT2D eigenvalue weighted by Gasteiger charge is 2.47. The van der Waals surface area contributed by atoms with Gasteiger partial charge in [-0.2, -0.15) is 12.7 Å². The highest BCUT2D eigenvalue weighted by molar-refractivity contribution is 7.87. The molecule has 0 aromatic carbocycles. The maximum atomic E-state index is 12.1. The molecule has 0 saturated carbocycles. The van der Waals surface area contributed by atoms with Crippen LogP contribution in [0.3, 0.4) is 0 Å². The van der Waals surface area contributed by atoms with Crippen molar-refractivity contribution in [3.63, 3.8) is 0 Å². The molecule has 7 nitrogen and oxygen atoms in total. The molecule has 2 saturated heterocycles. The molecule has 2 bridgehead atoms. The Bertz CT molecular complexity index is 410. The standard InChI is InChI=1S/C10H18N2O5S/c1-2-17-10(14)11-18(15,16)12-7-3-4-8(12)6-9(13)5-7/h7-9,13H,2-6H2,1H3,(H,11,14). The van der Waals surface area contributed by atoms with Gasteiger partial charge in [-0.25, -0.2) is 9.52 Å². The van der Waals surface area contributed by atoms with Crippen LogP contribution in [0.1, 0.15) is 32.6 Å². The minimum Gasteiger partial charge on any atom is -0.449 e. The molecule has 2 atom stereocenters. The summed E-state index contributed by atoms with van der Waals surface area (Å²) in [5.74, 6) is 0. The van der Waals surface area contributed by atoms with Gasteiger partial charge in [0.05, 0.1) is 12.7 Å². The van der Waals surface area contributed by atoms with E-state index in [9.17, 15) is 18.3 Å². The third-order valence-corrected chi connectivity index (χ3v) is 4.98. The van der Waals surface area contributed by atoms with E-state index in [0.29, 0.717) is 12.8 Å². The number of aliphatic hydroxyl groups is 1. The van der Waals surface area contributed by atoms with Crippen molar-refractivity contribution in [2.45, 2.75) is 50.8 Å². The molecule has 8 heteroatoms. The van der Waals surface area contributed by atoms with Gasteiger partial charge < -0.3 is 9.84 Å². The predicted octanol–water partition coefficient (Wildman–Crippen LogP) is -0.0350. The SMILES string of the molecule is CCOC(=O)NS(=O)(=O)N1C2CCC1CC(O)C2. The largest absolute Gasteiger partial charge is 0.449 e. The Morgan fingerprint density at radius 2 is 1.94 bits per heavy atom. The number of fused-ring (bicyclic) bond motifs is 2. The summed E-state index contributed by atoms with van der Waals surface area (Å²) in [5.41, 5.74) is 0. The van der Waals surface area contributed by atoms with Crippen LogP contribution in [0.4, 0.5) is 4.79 Å². The first-order valence-corrected chi connectivity index (χ1v) is 7.54. The number of amides is 1. The predicted molar refractivity (Wildman–Crippen MR) is 63.0 cm³/mol. The van der Waals surface area contributed by atoms with Crippen molar-refractivity contribution >= 4 is 16.3 Å². The number of nitrogens with zero attached hydrogens (tertiary/aromatic N) is 1. The van der Waals surface area contributed by atoms with Gasteiger partial charge in [0.15, 0.2) is 0 Å². The molecule has 2 unspecified atom stereocenters. The molecule has 104 valence electrons. The highest BCUT2D eigenvalue weighted by atomic mass is 32.2. The first-order chi connectivity index (χ1) is 8.44. The number of ether oxygens (including phenoxy) is 1. The molecule has 2 N–H and O–H groups in total. The highest BCUT2D eigenvalue weighted by Crippen LogP contribution is 2.37. The van der Waals surface area contributed by atoms with Gasteiger partial charge in [-0.1, -0.05) is 0 Å². The number of nitrogens with one attached hydrogen (secondary N) is 1. The summed E-state index contributed by atoms with van der Waals surface area (Å²) in [7, 11) is -3.87. The Labute approximate surface area is 106 Å². The molecule has 0 aromatic heterocycles. The number of carbonyl (C=O) groups excluding carboxylic acids is 1. The molecule has 0 radical (unpaired) electrons. The quantitative estimate of drug-likeness (QED) is 0.755. The van der Waals surface area contributed by atoms with Crippen LogP contribution in [0.2, 0.25) is 0 Å². The lowest BCUT2D eigenvalue weighted by molar-refractivity contribution is 0.0761. The molecule has 1 amide bonds. The van der Waals surface area contributed by atoms with Gasteiger partial charge in [0.1, 0.15) is 0 Å². The molecular formula is C10H18N2O5S. The number of rotatable bonds is 3. The van der Waals surface area contributed by atoms with Gasteiger partial charge in [-0.15, -0.1) is 0 Å². The van der Waals surface area contributed by atoms with E-state index in [1.54, 1.807) is 6.92 Å². The molecule has 2 fully saturated rings. The van der Waals surface area contributed by atoms with Crippen LogP contribution in [-0.4, -0.2) is 48.7 Å². The first-order valence-electron chi connectivity index (χ1n) is 6.10. The van der Waals surface area contributed by atoms with Gasteiger partial charge in [-0.05, 0) is 32.6 Å². The lowest BCUT2D eigenvalue weighted by atomic mass is 10.0. The average Bonchev–Trinajstić information content (AvgIpc) is 2.52. The van der Waals surface area contributed by atoms with E-state index in [1.165, 1.54) is 4.31 Å². The van der Waals surface area contributed by atoms with Crippen LogP contribution in [0.5, 0.6) is 0 Å². The molecule has 2 rings (SSSR count). The topological polar surface area (TPSA) is 95.9 Å². The fourth-order valence-corrected chi connectivity index (χ4v) is 4.36. The monoisotopic (exact) mass is 278 g/mol. The minimum absolute atomic E-state index is 0.118. The summed E-state index contributed by atoms with van der Waals surface area (Å²) in [6, 6.07) is -0.434. The maximum absolute atomic E-state index is 12.1. The molecule has 2 aliphatic rings. The van der Waals surface area contributed by atoms with Crippen molar-refractivity contribution in [1.29, 1.82) is 0 Å². The fraction of sp³-hybridized carbons (Fsp3) is 0.900. The van der Waals surface area contributed by atoms with Crippen molar-refractivity contribution in [3.8, 4) is 0 Å². The van der Waals surface area contributed by atoms with E-state index in [-0.39, 0.29) is 18.7 Å². The van der Waals surface area contributed by atoms with E-state index in [2.05, 4.69) is 4.74 Å². The van der Waals surface area contributed by atoms with Crippen LogP contribution in [0.25, 0.3) is 0 Å². The number of hydrogen-bond acceptors (Lipinski definition) is 5. The van der Waals surface area contributed by atoms with E-state index < -0.39 is 22.4 Å². The van der Waals surface area contributed by atoms with E-state index in [4.69, 9.17) is 0 Å². The molecule has 18 heavy (non-hydrogen) atoms. The van der Waals surface area contributed by atoms with Crippen LogP contribution in [-0.2, 0) is 14.9 Å². The van der Waals surface area contributed by atoms with E-state index in [1.807, 2.05) is 4.72 Å². The van der Waals surface area contributed by atoms with Gasteiger partial charge >= 0.3 is 16.3 Å². The normalized spacial score (nSPS) is 32.2. The van der Waals surface area contributed by atoms with Crippen LogP contribution in [0, 0.1) is 0 Å². The zero-order chi connectivity index (χ0) is 13.3. The Hall–Kier alpha value is -0.860. The third-order valence-electron chi connectivity index (χ3n) is 3.41. The number of piperidine rings is 1. The first kappa shape index (κ1) is 13.6. The fourth-order valence-electron chi connectivity index (χ4n) is 2.82. The molecule has 0 aromatic rings. The van der Waals surface area contributed by atoms with Gasteiger partial charge in [0, 0.05) is 12.1 Å². The summed E-state index contributed by atoms with van der Waals surface area (Å²) >= 11 is 0. The van der Waals surface area contributed by atoms with Crippen LogP contribution >= 0.6 is 0 Å². The van der Waals surface area contributed by atoms with Crippen LogP contribution in [0.15, 0.2) is 0 Å². The van der Waals surface area contributed by atoms with Crippen LogP contribution < -0.4 is 4.72 Å². The Kier molecular flexibility index (Phi) is 3.79. The smallest absolute Gasteiger partial charge is 0.421 e. The molecule has 2 heterocycles. The number of aliphatic hydroxyl groups excluding tert-OH is 1. The summed E-state index contributed by atoms with van der Waals surface area (Å²) in [4.78, 5) is 11.2. The van der Waals surface area contributed by atoms with Gasteiger partial charge in [0.25, 0.3) is 0 Å². The van der Waals surface area contributed by atoms with Crippen molar-refractivity contribution in [2.75, 3.05) is 6.61 Å². The van der Waals surface area contributed by atoms with E-state index >= 15 is 0 Å². The second-order valence-corrected chi connectivity index (χ2v) is 6.24. The number of carbonyl (C=O) groups is 1. The minimum atomic E-state index is -3.87. The summed E-state index contributed by atoms with van der Waals surface area (Å²) in [5, 5.41) is 9.61. The Morgan fingerprint density at radius 3 is 2.44 bits per heavy atom. The lowest BCUT2D eigenvalue weighted by Gasteiger charge is -2.35. The Balaban J connectivity index is 2.09. The molecule has 0 aliphatic carbocycles. The average molecular weight is 278 g/mol. The second-order valence-electron chi connectivity index (χ2n) is 4.67. The summed E-state index contributed by atoms with van der Waals surface area (Å²) in [6.07, 6.45) is 0.914. The number of hydrogen-bond donors (Lipinski definition) is 2. The van der Waals surface area contributed by atoms with E-state index in [0.717, 1.165) is 12.8 Å². The van der Waals surface area contributed by atoms with Crippen molar-refractivity contribution in [2.24, 2.45) is 0 Å². The summed E-state index contributed by atoms with van der Waals surface area (Å²) < 4.78 is 31.9. The zero-order valence-electron chi connectivity index (χ0n) is 10.2. The van der Waals surface area contributed by atoms with Crippen molar-refractivity contribution < 1.29 is 23.1 Å².